The number of amides is 2. The smallest absolute Gasteiger partial charge is 0.416 e. The Morgan fingerprint density at radius 2 is 1.86 bits per heavy atom. The molecule has 0 saturated carbocycles. The van der Waals surface area contributed by atoms with Gasteiger partial charge in [-0.1, -0.05) is 18.2 Å². The van der Waals surface area contributed by atoms with Crippen LogP contribution in [0.3, 0.4) is 0 Å². The molecule has 1 aromatic rings. The molecule has 0 heterocycles. The normalized spacial score (nSPS) is 12.6. The Morgan fingerprint density at radius 1 is 1.24 bits per heavy atom. The summed E-state index contributed by atoms with van der Waals surface area (Å²) in [5, 5.41) is 21.3. The van der Waals surface area contributed by atoms with E-state index in [1.165, 1.54) is 18.2 Å². The molecule has 4 N–H and O–H groups in total. The first-order valence-corrected chi connectivity index (χ1v) is 5.79. The highest BCUT2D eigenvalue weighted by Crippen LogP contribution is 2.31. The molecule has 0 aliphatic carbocycles. The maximum Gasteiger partial charge on any atom is 0.416 e. The summed E-state index contributed by atoms with van der Waals surface area (Å²) in [5.41, 5.74) is -1.04. The van der Waals surface area contributed by atoms with Crippen molar-refractivity contribution in [2.45, 2.75) is 18.8 Å². The fourth-order valence-corrected chi connectivity index (χ4v) is 1.52. The van der Waals surface area contributed by atoms with E-state index >= 15 is 0 Å². The quantitative estimate of drug-likeness (QED) is 0.651. The van der Waals surface area contributed by atoms with E-state index < -0.39 is 42.9 Å². The van der Waals surface area contributed by atoms with Crippen molar-refractivity contribution in [2.75, 3.05) is 6.61 Å². The van der Waals surface area contributed by atoms with Crippen molar-refractivity contribution in [1.29, 1.82) is 0 Å². The van der Waals surface area contributed by atoms with Gasteiger partial charge in [-0.3, -0.25) is 0 Å². The second-order valence-electron chi connectivity index (χ2n) is 4.06. The van der Waals surface area contributed by atoms with Crippen LogP contribution in [0.5, 0.6) is 0 Å². The van der Waals surface area contributed by atoms with Crippen LogP contribution in [0.25, 0.3) is 0 Å². The lowest BCUT2D eigenvalue weighted by Crippen LogP contribution is -2.47. The van der Waals surface area contributed by atoms with Gasteiger partial charge in [-0.2, -0.15) is 13.2 Å². The molecule has 1 unspecified atom stereocenters. The molecular weight excluding hydrogens is 293 g/mol. The molecule has 1 aromatic carbocycles. The van der Waals surface area contributed by atoms with Crippen LogP contribution < -0.4 is 10.6 Å². The highest BCUT2D eigenvalue weighted by Gasteiger charge is 2.32. The molecule has 0 spiro atoms. The molecule has 1 rings (SSSR count). The van der Waals surface area contributed by atoms with E-state index in [9.17, 15) is 22.8 Å². The average Bonchev–Trinajstić information content (AvgIpc) is 2.41. The number of carboxylic acid groups (broad SMARTS) is 1. The van der Waals surface area contributed by atoms with Gasteiger partial charge in [-0.25, -0.2) is 9.59 Å². The summed E-state index contributed by atoms with van der Waals surface area (Å²) >= 11 is 0. The summed E-state index contributed by atoms with van der Waals surface area (Å²) in [6.45, 7) is -1.26. The monoisotopic (exact) mass is 306 g/mol. The molecule has 0 aliphatic heterocycles. The van der Waals surface area contributed by atoms with Crippen LogP contribution in [-0.4, -0.2) is 34.9 Å². The molecule has 21 heavy (non-hydrogen) atoms. The minimum atomic E-state index is -4.55. The van der Waals surface area contributed by atoms with Crippen LogP contribution in [0, 0.1) is 0 Å². The molecule has 1 atom stereocenters. The Kier molecular flexibility index (Phi) is 5.53. The van der Waals surface area contributed by atoms with Crippen LogP contribution in [0.15, 0.2) is 24.3 Å². The van der Waals surface area contributed by atoms with Gasteiger partial charge in [0.25, 0.3) is 0 Å². The predicted octanol–water partition coefficient (Wildman–Crippen LogP) is 0.950. The van der Waals surface area contributed by atoms with Crippen LogP contribution in [0.2, 0.25) is 0 Å². The van der Waals surface area contributed by atoms with Gasteiger partial charge in [0.2, 0.25) is 0 Å². The van der Waals surface area contributed by atoms with Crippen LogP contribution >= 0.6 is 0 Å². The summed E-state index contributed by atoms with van der Waals surface area (Å²) in [7, 11) is 0. The second kappa shape index (κ2) is 6.93. The first-order valence-electron chi connectivity index (χ1n) is 5.79. The fraction of sp³-hybridized carbons (Fsp3) is 0.333. The number of benzene rings is 1. The largest absolute Gasteiger partial charge is 0.480 e. The van der Waals surface area contributed by atoms with Gasteiger partial charge in [-0.05, 0) is 11.6 Å². The van der Waals surface area contributed by atoms with Crippen LogP contribution in [0.4, 0.5) is 18.0 Å². The third-order valence-corrected chi connectivity index (χ3v) is 2.55. The number of nitrogens with one attached hydrogen (secondary N) is 2. The zero-order valence-electron chi connectivity index (χ0n) is 10.6. The maximum atomic E-state index is 12.7. The van der Waals surface area contributed by atoms with Crippen LogP contribution in [0.1, 0.15) is 11.1 Å². The molecule has 2 amide bonds. The van der Waals surface area contributed by atoms with Gasteiger partial charge >= 0.3 is 18.2 Å². The fourth-order valence-electron chi connectivity index (χ4n) is 1.52. The van der Waals surface area contributed by atoms with Gasteiger partial charge in [-0.15, -0.1) is 0 Å². The van der Waals surface area contributed by atoms with E-state index in [0.29, 0.717) is 0 Å². The molecule has 9 heteroatoms. The average molecular weight is 306 g/mol. The topological polar surface area (TPSA) is 98.7 Å². The minimum Gasteiger partial charge on any atom is -0.480 e. The standard InChI is InChI=1S/C12H13F3N2O4/c13-12(14,15)8-4-2-1-3-7(8)5-16-11(21)17-9(6-18)10(19)20/h1-4,9,18H,5-6H2,(H,19,20)(H2,16,17,21). The van der Waals surface area contributed by atoms with Crippen molar-refractivity contribution in [1.82, 2.24) is 10.6 Å². The number of hydrogen-bond donors (Lipinski definition) is 4. The summed E-state index contributed by atoms with van der Waals surface area (Å²) in [6, 6.07) is 2.17. The lowest BCUT2D eigenvalue weighted by atomic mass is 10.1. The zero-order chi connectivity index (χ0) is 16.0. The Balaban J connectivity index is 2.68. The van der Waals surface area contributed by atoms with Gasteiger partial charge in [0, 0.05) is 6.54 Å². The van der Waals surface area contributed by atoms with Crippen LogP contribution in [-0.2, 0) is 17.5 Å². The Hall–Kier alpha value is -2.29. The van der Waals surface area contributed by atoms with E-state index in [0.717, 1.165) is 6.07 Å². The SMILES string of the molecule is O=C(NCc1ccccc1C(F)(F)F)NC(CO)C(=O)O. The number of hydrogen-bond acceptors (Lipinski definition) is 3. The first-order chi connectivity index (χ1) is 9.75. The lowest BCUT2D eigenvalue weighted by molar-refractivity contribution is -0.140. The van der Waals surface area contributed by atoms with Crippen molar-refractivity contribution in [3.05, 3.63) is 35.4 Å². The summed E-state index contributed by atoms with van der Waals surface area (Å²) < 4.78 is 38.1. The van der Waals surface area contributed by atoms with Gasteiger partial charge in [0.05, 0.1) is 12.2 Å². The highest BCUT2D eigenvalue weighted by atomic mass is 19.4. The Bertz CT molecular complexity index is 519. The number of aliphatic hydroxyl groups excluding tert-OH is 1. The Morgan fingerprint density at radius 3 is 2.38 bits per heavy atom. The van der Waals surface area contributed by atoms with Crippen molar-refractivity contribution < 1.29 is 33.0 Å². The molecule has 0 aromatic heterocycles. The lowest BCUT2D eigenvalue weighted by Gasteiger charge is -2.15. The first kappa shape index (κ1) is 16.8. The number of carbonyl (C=O) groups excluding carboxylic acids is 1. The molecule has 6 nitrogen and oxygen atoms in total. The molecular formula is C12H13F3N2O4. The number of urea groups is 1. The van der Waals surface area contributed by atoms with E-state index in [-0.39, 0.29) is 5.56 Å². The zero-order valence-corrected chi connectivity index (χ0v) is 10.6. The van der Waals surface area contributed by atoms with E-state index in [4.69, 9.17) is 10.2 Å². The predicted molar refractivity (Wildman–Crippen MR) is 65.3 cm³/mol. The van der Waals surface area contributed by atoms with Crippen molar-refractivity contribution in [3.63, 3.8) is 0 Å². The molecule has 0 bridgehead atoms. The molecule has 0 aliphatic rings. The number of carboxylic acids is 1. The molecule has 0 fully saturated rings. The van der Waals surface area contributed by atoms with E-state index in [1.807, 2.05) is 5.32 Å². The number of aliphatic hydroxyl groups is 1. The Labute approximate surface area is 117 Å². The number of rotatable bonds is 5. The van der Waals surface area contributed by atoms with E-state index in [2.05, 4.69) is 5.32 Å². The minimum absolute atomic E-state index is 0.156. The third kappa shape index (κ3) is 4.95. The van der Waals surface area contributed by atoms with Crippen molar-refractivity contribution >= 4 is 12.0 Å². The molecule has 116 valence electrons. The van der Waals surface area contributed by atoms with Crippen molar-refractivity contribution in [2.24, 2.45) is 0 Å². The maximum absolute atomic E-state index is 12.7. The molecule has 0 radical (unpaired) electrons. The third-order valence-electron chi connectivity index (χ3n) is 2.55. The number of alkyl halides is 3. The summed E-state index contributed by atoms with van der Waals surface area (Å²) in [5.74, 6) is -1.46. The number of carbonyl (C=O) groups is 2. The van der Waals surface area contributed by atoms with Crippen molar-refractivity contribution in [3.8, 4) is 0 Å². The van der Waals surface area contributed by atoms with Gasteiger partial charge in [0.15, 0.2) is 6.04 Å². The number of halogens is 3. The summed E-state index contributed by atoms with van der Waals surface area (Å²) in [4.78, 5) is 21.9. The van der Waals surface area contributed by atoms with E-state index in [1.54, 1.807) is 0 Å². The highest BCUT2D eigenvalue weighted by molar-refractivity contribution is 5.82. The van der Waals surface area contributed by atoms with Gasteiger partial charge < -0.3 is 20.8 Å². The summed E-state index contributed by atoms with van der Waals surface area (Å²) in [6.07, 6.45) is -4.55. The molecule has 0 saturated heterocycles. The number of aliphatic carboxylic acids is 1. The second-order valence-corrected chi connectivity index (χ2v) is 4.06. The van der Waals surface area contributed by atoms with Gasteiger partial charge in [0.1, 0.15) is 0 Å².